The SMILES string of the molecule is COC(=O)C[C@H](C(=O)N1C[C@@H](C)C[C@H]1c1ncc(-c2ccc(-c3ccc(-c4ccc5nc([C@@H]6CC[C@H](C)N6C(=O)[C@@H](CC(=O)OC)C(C)C)[nH]c5c4)cc3)cc2)[nH]1)C(C)C. The molecule has 0 aliphatic carbocycles. The molecule has 7 rings (SSSR count). The zero-order chi connectivity index (χ0) is 42.8. The largest absolute Gasteiger partial charge is 0.469 e. The minimum absolute atomic E-state index is 0.000687. The second kappa shape index (κ2) is 17.8. The van der Waals surface area contributed by atoms with Gasteiger partial charge in [-0.1, -0.05) is 89.2 Å². The number of hydrogen-bond acceptors (Lipinski definition) is 8. The molecule has 12 nitrogen and oxygen atoms in total. The zero-order valence-corrected chi connectivity index (χ0v) is 36.0. The number of methoxy groups -OCH3 is 2. The molecule has 5 aromatic rings. The zero-order valence-electron chi connectivity index (χ0n) is 36.0. The summed E-state index contributed by atoms with van der Waals surface area (Å²) in [5.41, 5.74) is 7.94. The van der Waals surface area contributed by atoms with Gasteiger partial charge in [0.25, 0.3) is 0 Å². The Labute approximate surface area is 352 Å². The van der Waals surface area contributed by atoms with Crippen LogP contribution in [0.4, 0.5) is 0 Å². The molecule has 12 heteroatoms. The van der Waals surface area contributed by atoms with E-state index in [1.165, 1.54) is 14.2 Å². The van der Waals surface area contributed by atoms with Crippen molar-refractivity contribution >= 4 is 34.8 Å². The van der Waals surface area contributed by atoms with Crippen LogP contribution in [0.1, 0.15) is 97.4 Å². The van der Waals surface area contributed by atoms with Crippen molar-refractivity contribution in [2.75, 3.05) is 20.8 Å². The molecular formula is C48H58N6O6. The van der Waals surface area contributed by atoms with Crippen LogP contribution in [0.25, 0.3) is 44.5 Å². The van der Waals surface area contributed by atoms with Crippen molar-refractivity contribution in [2.45, 2.75) is 91.8 Å². The van der Waals surface area contributed by atoms with Gasteiger partial charge >= 0.3 is 11.9 Å². The predicted molar refractivity (Wildman–Crippen MR) is 231 cm³/mol. The minimum Gasteiger partial charge on any atom is -0.469 e. The number of esters is 2. The van der Waals surface area contributed by atoms with Crippen molar-refractivity contribution in [3.05, 3.63) is 84.6 Å². The molecule has 3 aromatic carbocycles. The lowest BCUT2D eigenvalue weighted by molar-refractivity contribution is -0.149. The normalized spacial score (nSPS) is 20.2. The van der Waals surface area contributed by atoms with E-state index in [0.29, 0.717) is 12.5 Å². The van der Waals surface area contributed by atoms with Crippen LogP contribution >= 0.6 is 0 Å². The summed E-state index contributed by atoms with van der Waals surface area (Å²) in [7, 11) is 2.72. The second-order valence-corrected chi connectivity index (χ2v) is 17.5. The van der Waals surface area contributed by atoms with Crippen molar-refractivity contribution in [3.8, 4) is 33.5 Å². The fourth-order valence-electron chi connectivity index (χ4n) is 9.04. The third kappa shape index (κ3) is 8.74. The van der Waals surface area contributed by atoms with Crippen molar-refractivity contribution in [3.63, 3.8) is 0 Å². The fraction of sp³-hybridized carbons (Fsp3) is 0.458. The number of rotatable bonds is 13. The first-order chi connectivity index (χ1) is 28.8. The molecule has 0 unspecified atom stereocenters. The molecule has 2 fully saturated rings. The van der Waals surface area contributed by atoms with Gasteiger partial charge in [0, 0.05) is 12.6 Å². The Balaban J connectivity index is 1.03. The summed E-state index contributed by atoms with van der Waals surface area (Å²) in [4.78, 5) is 72.5. The Morgan fingerprint density at radius 1 is 0.700 bits per heavy atom. The van der Waals surface area contributed by atoms with Gasteiger partial charge in [0.15, 0.2) is 0 Å². The van der Waals surface area contributed by atoms with Gasteiger partial charge in [0.2, 0.25) is 11.8 Å². The lowest BCUT2D eigenvalue weighted by atomic mass is 9.90. The summed E-state index contributed by atoms with van der Waals surface area (Å²) in [5, 5.41) is 0. The molecule has 2 aliphatic rings. The van der Waals surface area contributed by atoms with E-state index >= 15 is 0 Å². The Morgan fingerprint density at radius 2 is 1.25 bits per heavy atom. The van der Waals surface area contributed by atoms with Crippen LogP contribution in [0.5, 0.6) is 0 Å². The van der Waals surface area contributed by atoms with Crippen molar-refractivity contribution < 1.29 is 28.7 Å². The number of carbonyl (C=O) groups excluding carboxylic acids is 4. The van der Waals surface area contributed by atoms with Crippen molar-refractivity contribution in [2.24, 2.45) is 29.6 Å². The Bertz CT molecular complexity index is 2330. The molecule has 6 atom stereocenters. The predicted octanol–water partition coefficient (Wildman–Crippen LogP) is 8.92. The van der Waals surface area contributed by atoms with E-state index in [1.54, 1.807) is 0 Å². The number of aromatic nitrogens is 4. The number of ether oxygens (including phenoxy) is 2. The number of likely N-dealkylation sites (tertiary alicyclic amines) is 2. The maximum absolute atomic E-state index is 13.9. The van der Waals surface area contributed by atoms with E-state index in [2.05, 4.69) is 84.5 Å². The number of hydrogen-bond donors (Lipinski definition) is 2. The quantitative estimate of drug-likeness (QED) is 0.112. The summed E-state index contributed by atoms with van der Waals surface area (Å²) >= 11 is 0. The van der Waals surface area contributed by atoms with Gasteiger partial charge in [0.1, 0.15) is 11.6 Å². The first-order valence-electron chi connectivity index (χ1n) is 21.3. The molecule has 0 bridgehead atoms. The number of fused-ring (bicyclic) bond motifs is 1. The van der Waals surface area contributed by atoms with E-state index < -0.39 is 11.8 Å². The topological polar surface area (TPSA) is 151 Å². The minimum atomic E-state index is -0.454. The van der Waals surface area contributed by atoms with Gasteiger partial charge in [-0.2, -0.15) is 0 Å². The smallest absolute Gasteiger partial charge is 0.306 e. The summed E-state index contributed by atoms with van der Waals surface area (Å²) in [5.74, 6) is 0.123. The molecule has 60 heavy (non-hydrogen) atoms. The Kier molecular flexibility index (Phi) is 12.6. The van der Waals surface area contributed by atoms with E-state index in [4.69, 9.17) is 19.4 Å². The second-order valence-electron chi connectivity index (χ2n) is 17.5. The van der Waals surface area contributed by atoms with E-state index in [1.807, 2.05) is 49.8 Å². The number of nitrogens with one attached hydrogen (secondary N) is 2. The molecule has 4 heterocycles. The van der Waals surface area contributed by atoms with Crippen LogP contribution in [-0.2, 0) is 28.7 Å². The van der Waals surface area contributed by atoms with Gasteiger partial charge in [-0.25, -0.2) is 9.97 Å². The number of carbonyl (C=O) groups is 4. The van der Waals surface area contributed by atoms with Crippen LogP contribution in [0.3, 0.4) is 0 Å². The van der Waals surface area contributed by atoms with Gasteiger partial charge in [-0.15, -0.1) is 0 Å². The van der Waals surface area contributed by atoms with Crippen LogP contribution in [0.2, 0.25) is 0 Å². The molecule has 316 valence electrons. The van der Waals surface area contributed by atoms with Crippen molar-refractivity contribution in [1.82, 2.24) is 29.7 Å². The van der Waals surface area contributed by atoms with Gasteiger partial charge in [-0.3, -0.25) is 19.2 Å². The average Bonchev–Trinajstić information content (AvgIpc) is 4.06. The maximum Gasteiger partial charge on any atom is 0.306 e. The van der Waals surface area contributed by atoms with Gasteiger partial charge in [-0.05, 0) is 83.9 Å². The Hall–Kier alpha value is -5.78. The first-order valence-corrected chi connectivity index (χ1v) is 21.3. The third-order valence-corrected chi connectivity index (χ3v) is 12.7. The summed E-state index contributed by atoms with van der Waals surface area (Å²) in [6.45, 7) is 12.7. The van der Waals surface area contributed by atoms with E-state index in [0.717, 1.165) is 75.5 Å². The maximum atomic E-state index is 13.9. The number of aromatic amines is 2. The van der Waals surface area contributed by atoms with Gasteiger partial charge < -0.3 is 29.2 Å². The van der Waals surface area contributed by atoms with Crippen LogP contribution < -0.4 is 0 Å². The number of H-pyrrole nitrogens is 2. The number of amides is 2. The molecule has 2 amide bonds. The summed E-state index contributed by atoms with van der Waals surface area (Å²) in [6, 6.07) is 22.7. The van der Waals surface area contributed by atoms with E-state index in [-0.39, 0.29) is 66.6 Å². The van der Waals surface area contributed by atoms with Crippen LogP contribution in [0.15, 0.2) is 72.9 Å². The third-order valence-electron chi connectivity index (χ3n) is 12.7. The van der Waals surface area contributed by atoms with Crippen LogP contribution in [-0.4, -0.2) is 80.3 Å². The summed E-state index contributed by atoms with van der Waals surface area (Å²) < 4.78 is 9.81. The lowest BCUT2D eigenvalue weighted by Crippen LogP contribution is -2.42. The summed E-state index contributed by atoms with van der Waals surface area (Å²) in [6.07, 6.45) is 4.43. The number of benzene rings is 3. The molecule has 2 N–H and O–H groups in total. The van der Waals surface area contributed by atoms with E-state index in [9.17, 15) is 19.2 Å². The fourth-order valence-corrected chi connectivity index (χ4v) is 9.04. The van der Waals surface area contributed by atoms with Crippen LogP contribution in [0, 0.1) is 29.6 Å². The molecule has 2 aromatic heterocycles. The Morgan fingerprint density at radius 3 is 1.83 bits per heavy atom. The van der Waals surface area contributed by atoms with Gasteiger partial charge in [0.05, 0.1) is 73.9 Å². The monoisotopic (exact) mass is 814 g/mol. The molecule has 0 spiro atoms. The molecule has 0 radical (unpaired) electrons. The number of nitrogens with zero attached hydrogens (tertiary/aromatic N) is 4. The molecular weight excluding hydrogens is 757 g/mol. The highest BCUT2D eigenvalue weighted by Crippen LogP contribution is 2.40. The highest BCUT2D eigenvalue weighted by Gasteiger charge is 2.42. The van der Waals surface area contributed by atoms with Crippen molar-refractivity contribution in [1.29, 1.82) is 0 Å². The first kappa shape index (κ1) is 42.3. The highest BCUT2D eigenvalue weighted by molar-refractivity contribution is 5.86. The highest BCUT2D eigenvalue weighted by atomic mass is 16.5. The molecule has 0 saturated carbocycles. The average molecular weight is 815 g/mol. The molecule has 2 aliphatic heterocycles. The lowest BCUT2D eigenvalue weighted by Gasteiger charge is -2.32. The standard InChI is InChI=1S/C48H58N6O6/c1-27(2)36(23-43(55)59-7)47(57)53-26-29(5)21-42(53)45-49-25-40(52-45)34-16-14-32(15-17-34)31-10-12-33(13-11-31)35-18-19-38-39(22-35)51-46(50-38)41-20-9-30(6)54(41)48(58)37(28(3)4)24-44(56)60-8/h10-19,22,25,27-30,36-37,41-42H,9,20-21,23-24,26H2,1-8H3,(H,49,52)(H,50,51)/t29-,30-,36-,37-,41-,42-/m0/s1. The number of imidazole rings is 2. The molecule has 2 saturated heterocycles.